The zero-order valence-electron chi connectivity index (χ0n) is 17.1. The van der Waals surface area contributed by atoms with Crippen LogP contribution in [0.15, 0.2) is 72.8 Å². The van der Waals surface area contributed by atoms with E-state index in [1.165, 1.54) is 0 Å². The molecule has 3 aromatic carbocycles. The number of hydrogen-bond donors (Lipinski definition) is 1. The van der Waals surface area contributed by atoms with E-state index in [0.29, 0.717) is 13.0 Å². The Balaban J connectivity index is 1.83. The van der Waals surface area contributed by atoms with Crippen LogP contribution in [0.2, 0.25) is 0 Å². The number of methoxy groups -OCH3 is 1. The normalized spacial score (nSPS) is 11.6. The van der Waals surface area contributed by atoms with E-state index in [0.717, 1.165) is 33.9 Å². The molecule has 0 radical (unpaired) electrons. The lowest BCUT2D eigenvalue weighted by Gasteiger charge is -2.21. The molecule has 0 aliphatic heterocycles. The van der Waals surface area contributed by atoms with E-state index < -0.39 is 0 Å². The molecule has 3 aromatic rings. The molecule has 3 rings (SSSR count). The maximum atomic E-state index is 12.9. The van der Waals surface area contributed by atoms with Gasteiger partial charge in [0.25, 0.3) is 0 Å². The summed E-state index contributed by atoms with van der Waals surface area (Å²) in [6.45, 7) is 4.60. The number of anilines is 1. The highest BCUT2D eigenvalue weighted by atomic mass is 16.5. The number of rotatable bonds is 9. The summed E-state index contributed by atoms with van der Waals surface area (Å²) in [6.07, 6.45) is 0.350. The van der Waals surface area contributed by atoms with Crippen molar-refractivity contribution in [2.24, 2.45) is 0 Å². The average molecular weight is 389 g/mol. The van der Waals surface area contributed by atoms with Crippen molar-refractivity contribution in [3.63, 3.8) is 0 Å². The van der Waals surface area contributed by atoms with Crippen LogP contribution < -0.4 is 14.8 Å². The van der Waals surface area contributed by atoms with E-state index in [1.807, 2.05) is 86.6 Å². The van der Waals surface area contributed by atoms with Crippen molar-refractivity contribution < 1.29 is 14.3 Å². The molecule has 0 saturated heterocycles. The number of carbonyl (C=O) groups excluding carboxylic acids is 1. The Morgan fingerprint density at radius 2 is 1.52 bits per heavy atom. The van der Waals surface area contributed by atoms with Crippen molar-refractivity contribution in [2.45, 2.75) is 26.3 Å². The number of aryl methyl sites for hydroxylation is 1. The monoisotopic (exact) mass is 389 g/mol. The third-order valence-corrected chi connectivity index (χ3v) is 4.79. The predicted molar refractivity (Wildman–Crippen MR) is 117 cm³/mol. The molecule has 0 amide bonds. The maximum absolute atomic E-state index is 12.9. The van der Waals surface area contributed by atoms with Gasteiger partial charge in [0.2, 0.25) is 0 Å². The number of carbonyl (C=O) groups is 1. The topological polar surface area (TPSA) is 47.6 Å². The fourth-order valence-electron chi connectivity index (χ4n) is 3.15. The van der Waals surface area contributed by atoms with Gasteiger partial charge in [-0.15, -0.1) is 0 Å². The third kappa shape index (κ3) is 5.61. The minimum absolute atomic E-state index is 0.102. The Hall–Kier alpha value is -3.27. The fraction of sp³-hybridized carbons (Fsp3) is 0.240. The molecule has 0 aliphatic carbocycles. The van der Waals surface area contributed by atoms with Crippen LogP contribution in [0, 0.1) is 6.92 Å². The van der Waals surface area contributed by atoms with Gasteiger partial charge in [0.1, 0.15) is 11.5 Å². The first kappa shape index (κ1) is 20.5. The van der Waals surface area contributed by atoms with Gasteiger partial charge in [-0.05, 0) is 55.8 Å². The molecule has 0 fully saturated rings. The first-order valence-electron chi connectivity index (χ1n) is 9.82. The minimum atomic E-state index is -0.159. The Kier molecular flexibility index (Phi) is 6.90. The first-order chi connectivity index (χ1) is 14.1. The van der Waals surface area contributed by atoms with Gasteiger partial charge >= 0.3 is 0 Å². The average Bonchev–Trinajstić information content (AvgIpc) is 2.75. The number of benzene rings is 3. The summed E-state index contributed by atoms with van der Waals surface area (Å²) in [5.41, 5.74) is 3.83. The van der Waals surface area contributed by atoms with E-state index in [4.69, 9.17) is 9.47 Å². The van der Waals surface area contributed by atoms with Gasteiger partial charge in [-0.2, -0.15) is 0 Å². The molecule has 150 valence electrons. The van der Waals surface area contributed by atoms with Crippen molar-refractivity contribution >= 4 is 11.5 Å². The summed E-state index contributed by atoms with van der Waals surface area (Å²) < 4.78 is 10.8. The molecule has 0 heterocycles. The molecule has 4 nitrogen and oxygen atoms in total. The van der Waals surface area contributed by atoms with Crippen LogP contribution in [0.5, 0.6) is 11.5 Å². The van der Waals surface area contributed by atoms with Crippen LogP contribution in [0.3, 0.4) is 0 Å². The number of ether oxygens (including phenoxy) is 2. The number of nitrogens with one attached hydrogen (secondary N) is 1. The molecule has 0 spiro atoms. The van der Waals surface area contributed by atoms with Gasteiger partial charge in [-0.3, -0.25) is 4.79 Å². The summed E-state index contributed by atoms with van der Waals surface area (Å²) in [7, 11) is 1.64. The summed E-state index contributed by atoms with van der Waals surface area (Å²) in [5, 5.41) is 3.49. The number of hydrogen-bond acceptors (Lipinski definition) is 4. The van der Waals surface area contributed by atoms with Crippen molar-refractivity contribution in [3.05, 3.63) is 89.5 Å². The lowest BCUT2D eigenvalue weighted by atomic mass is 9.97. The van der Waals surface area contributed by atoms with Crippen LogP contribution >= 0.6 is 0 Å². The van der Waals surface area contributed by atoms with Crippen LogP contribution in [0.4, 0.5) is 5.69 Å². The Morgan fingerprint density at radius 1 is 0.897 bits per heavy atom. The van der Waals surface area contributed by atoms with E-state index in [2.05, 4.69) is 5.32 Å². The highest BCUT2D eigenvalue weighted by molar-refractivity contribution is 5.96. The molecule has 1 N–H and O–H groups in total. The van der Waals surface area contributed by atoms with E-state index >= 15 is 0 Å². The van der Waals surface area contributed by atoms with Gasteiger partial charge in [-0.25, -0.2) is 0 Å². The van der Waals surface area contributed by atoms with E-state index in [1.54, 1.807) is 7.11 Å². The lowest BCUT2D eigenvalue weighted by Crippen LogP contribution is -2.16. The molecule has 1 unspecified atom stereocenters. The van der Waals surface area contributed by atoms with Crippen molar-refractivity contribution in [1.82, 2.24) is 0 Å². The summed E-state index contributed by atoms with van der Waals surface area (Å²) in [6, 6.07) is 23.2. The zero-order chi connectivity index (χ0) is 20.6. The molecular weight excluding hydrogens is 362 g/mol. The highest BCUT2D eigenvalue weighted by Gasteiger charge is 2.18. The van der Waals surface area contributed by atoms with Crippen LogP contribution in [-0.2, 0) is 0 Å². The van der Waals surface area contributed by atoms with Gasteiger partial charge < -0.3 is 14.8 Å². The van der Waals surface area contributed by atoms with Crippen molar-refractivity contribution in [2.75, 3.05) is 19.0 Å². The highest BCUT2D eigenvalue weighted by Crippen LogP contribution is 2.27. The third-order valence-electron chi connectivity index (χ3n) is 4.79. The predicted octanol–water partition coefficient (Wildman–Crippen LogP) is 5.83. The van der Waals surface area contributed by atoms with E-state index in [-0.39, 0.29) is 11.8 Å². The van der Waals surface area contributed by atoms with Gasteiger partial charge in [0.05, 0.1) is 19.8 Å². The maximum Gasteiger partial charge on any atom is 0.165 e. The first-order valence-corrected chi connectivity index (χ1v) is 9.82. The van der Waals surface area contributed by atoms with Crippen LogP contribution in [-0.4, -0.2) is 19.5 Å². The number of Topliss-reactive ketones (excluding diaryl/α,β-unsaturated/α-hetero) is 1. The molecule has 4 heteroatoms. The fourth-order valence-corrected chi connectivity index (χ4v) is 3.15. The van der Waals surface area contributed by atoms with Gasteiger partial charge in [0.15, 0.2) is 5.78 Å². The van der Waals surface area contributed by atoms with Gasteiger partial charge in [-0.1, -0.05) is 42.0 Å². The van der Waals surface area contributed by atoms with Gasteiger partial charge in [0, 0.05) is 17.7 Å². The molecule has 0 saturated carbocycles. The van der Waals surface area contributed by atoms with Crippen LogP contribution in [0.25, 0.3) is 0 Å². The second-order valence-corrected chi connectivity index (χ2v) is 6.92. The van der Waals surface area contributed by atoms with Crippen LogP contribution in [0.1, 0.15) is 40.9 Å². The molecular formula is C25H27NO3. The quantitative estimate of drug-likeness (QED) is 0.468. The molecule has 29 heavy (non-hydrogen) atoms. The second kappa shape index (κ2) is 9.78. The summed E-state index contributed by atoms with van der Waals surface area (Å²) in [4.78, 5) is 12.9. The lowest BCUT2D eigenvalue weighted by molar-refractivity contribution is 0.0976. The minimum Gasteiger partial charge on any atom is -0.497 e. The molecule has 0 bridgehead atoms. The standard InChI is InChI=1S/C25H27NO3/c1-4-29-23-13-9-19(10-14-23)24(26-21-11-15-22(28-3)16-12-21)17-25(27)20-7-5-18(2)6-8-20/h5-16,24,26H,4,17H2,1-3H3. The van der Waals surface area contributed by atoms with Crippen molar-refractivity contribution in [3.8, 4) is 11.5 Å². The Bertz CT molecular complexity index is 916. The second-order valence-electron chi connectivity index (χ2n) is 6.92. The van der Waals surface area contributed by atoms with Crippen molar-refractivity contribution in [1.29, 1.82) is 0 Å². The van der Waals surface area contributed by atoms with E-state index in [9.17, 15) is 4.79 Å². The smallest absolute Gasteiger partial charge is 0.165 e. The SMILES string of the molecule is CCOc1ccc(C(CC(=O)c2ccc(C)cc2)Nc2ccc(OC)cc2)cc1. The Morgan fingerprint density at radius 3 is 2.10 bits per heavy atom. The summed E-state index contributed by atoms with van der Waals surface area (Å²) in [5.74, 6) is 1.72. The molecule has 0 aliphatic rings. The largest absolute Gasteiger partial charge is 0.497 e. The molecule has 1 atom stereocenters. The number of ketones is 1. The zero-order valence-corrected chi connectivity index (χ0v) is 17.1. The molecule has 0 aromatic heterocycles. The summed E-state index contributed by atoms with van der Waals surface area (Å²) >= 11 is 0. The Labute approximate surface area is 172 Å².